The van der Waals surface area contributed by atoms with Gasteiger partial charge in [0.05, 0.1) is 0 Å². The van der Waals surface area contributed by atoms with Crippen molar-refractivity contribution in [2.75, 3.05) is 13.3 Å². The van der Waals surface area contributed by atoms with E-state index in [-0.39, 0.29) is 6.61 Å². The van der Waals surface area contributed by atoms with Crippen molar-refractivity contribution in [3.63, 3.8) is 0 Å². The summed E-state index contributed by atoms with van der Waals surface area (Å²) in [5.41, 5.74) is 0. The van der Waals surface area contributed by atoms with Gasteiger partial charge in [0.25, 0.3) is 0 Å². The molecule has 5 heteroatoms. The number of hydrogen-bond donors (Lipinski definition) is 0. The molecule has 1 saturated heterocycles. The molecule has 0 aliphatic carbocycles. The highest BCUT2D eigenvalue weighted by Gasteiger charge is 2.39. The molecule has 0 aromatic rings. The van der Waals surface area contributed by atoms with Crippen LogP contribution in [-0.4, -0.2) is 31.3 Å². The molecule has 0 bridgehead atoms. The van der Waals surface area contributed by atoms with E-state index in [0.29, 0.717) is 0 Å². The third-order valence-electron chi connectivity index (χ3n) is 1.62. The molecule has 1 rings (SSSR count). The Bertz CT molecular complexity index is 204. The zero-order chi connectivity index (χ0) is 9.14. The second kappa shape index (κ2) is 3.51. The maximum atomic E-state index is 12.2. The smallest absolute Gasteiger partial charge is 0.315 e. The third kappa shape index (κ3) is 1.72. The van der Waals surface area contributed by atoms with Crippen LogP contribution in [-0.2, 0) is 19.1 Å². The fourth-order valence-corrected chi connectivity index (χ4v) is 1.03. The van der Waals surface area contributed by atoms with E-state index in [2.05, 4.69) is 9.47 Å². The minimum absolute atomic E-state index is 0.0347. The quantitative estimate of drug-likeness (QED) is 0.558. The fourth-order valence-electron chi connectivity index (χ4n) is 1.03. The van der Waals surface area contributed by atoms with Gasteiger partial charge in [0, 0.05) is 6.92 Å². The van der Waals surface area contributed by atoms with Crippen molar-refractivity contribution in [2.45, 2.75) is 13.0 Å². The van der Waals surface area contributed by atoms with Crippen molar-refractivity contribution < 1.29 is 23.5 Å². The molecule has 1 fully saturated rings. The van der Waals surface area contributed by atoms with Gasteiger partial charge in [-0.2, -0.15) is 0 Å². The van der Waals surface area contributed by atoms with E-state index >= 15 is 0 Å². The lowest BCUT2D eigenvalue weighted by molar-refractivity contribution is -0.148. The number of ether oxygens (including phenoxy) is 2. The molecule has 0 aromatic heterocycles. The van der Waals surface area contributed by atoms with Gasteiger partial charge in [-0.05, 0) is 0 Å². The number of halogens is 1. The van der Waals surface area contributed by atoms with Gasteiger partial charge in [0.15, 0.2) is 6.10 Å². The highest BCUT2D eigenvalue weighted by Crippen LogP contribution is 2.19. The highest BCUT2D eigenvalue weighted by molar-refractivity contribution is 5.76. The molecule has 0 aromatic carbocycles. The van der Waals surface area contributed by atoms with E-state index in [9.17, 15) is 14.0 Å². The zero-order valence-electron chi connectivity index (χ0n) is 6.58. The summed E-state index contributed by atoms with van der Waals surface area (Å²) < 4.78 is 21.3. The maximum absolute atomic E-state index is 12.2. The van der Waals surface area contributed by atoms with Crippen molar-refractivity contribution in [2.24, 2.45) is 5.92 Å². The lowest BCUT2D eigenvalue weighted by atomic mass is 10.1. The molecule has 2 atom stereocenters. The van der Waals surface area contributed by atoms with Crippen molar-refractivity contribution in [3.05, 3.63) is 0 Å². The lowest BCUT2D eigenvalue weighted by Gasteiger charge is -2.11. The molecule has 0 N–H and O–H groups in total. The average Bonchev–Trinajstić information content (AvgIpc) is 2.30. The fraction of sp³-hybridized carbons (Fsp3) is 0.714. The van der Waals surface area contributed by atoms with E-state index in [0.717, 1.165) is 0 Å². The summed E-state index contributed by atoms with van der Waals surface area (Å²) in [6.45, 7) is 0.321. The molecule has 1 aliphatic heterocycles. The summed E-state index contributed by atoms with van der Waals surface area (Å²) in [6, 6.07) is 0. The van der Waals surface area contributed by atoms with E-state index in [4.69, 9.17) is 0 Å². The summed E-state index contributed by atoms with van der Waals surface area (Å²) in [7, 11) is 0. The SMILES string of the molecule is CC(=O)OC1COC(=O)C1CF. The van der Waals surface area contributed by atoms with E-state index in [1.54, 1.807) is 0 Å². The summed E-state index contributed by atoms with van der Waals surface area (Å²) in [6.07, 6.45) is -0.750. The Morgan fingerprint density at radius 2 is 2.50 bits per heavy atom. The second-order valence-electron chi connectivity index (χ2n) is 2.54. The molecule has 2 unspecified atom stereocenters. The van der Waals surface area contributed by atoms with Crippen LogP contribution < -0.4 is 0 Å². The summed E-state index contributed by atoms with van der Waals surface area (Å²) >= 11 is 0. The first-order valence-electron chi connectivity index (χ1n) is 3.55. The predicted octanol–water partition coefficient (Wildman–Crippen LogP) is 0.0606. The summed E-state index contributed by atoms with van der Waals surface area (Å²) in [4.78, 5) is 21.2. The normalized spacial score (nSPS) is 28.3. The first kappa shape index (κ1) is 8.96. The number of cyclic esters (lactones) is 1. The van der Waals surface area contributed by atoms with Crippen LogP contribution in [0.25, 0.3) is 0 Å². The van der Waals surface area contributed by atoms with Crippen molar-refractivity contribution >= 4 is 11.9 Å². The standard InChI is InChI=1S/C7H9FO4/c1-4(9)12-6-3-11-7(10)5(6)2-8/h5-6H,2-3H2,1H3. The minimum atomic E-state index is -0.936. The first-order valence-corrected chi connectivity index (χ1v) is 3.55. The monoisotopic (exact) mass is 176 g/mol. The summed E-state index contributed by atoms with van der Waals surface area (Å²) in [5.74, 6) is -2.10. The van der Waals surface area contributed by atoms with E-state index < -0.39 is 30.6 Å². The van der Waals surface area contributed by atoms with Gasteiger partial charge in [-0.1, -0.05) is 0 Å². The maximum Gasteiger partial charge on any atom is 0.315 e. The Labute approximate surface area is 68.6 Å². The molecule has 68 valence electrons. The van der Waals surface area contributed by atoms with Crippen molar-refractivity contribution in [1.29, 1.82) is 0 Å². The molecule has 4 nitrogen and oxygen atoms in total. The molecule has 1 aliphatic rings. The van der Waals surface area contributed by atoms with Crippen molar-refractivity contribution in [1.82, 2.24) is 0 Å². The molecule has 0 amide bonds. The molecule has 12 heavy (non-hydrogen) atoms. The topological polar surface area (TPSA) is 52.6 Å². The number of carbonyl (C=O) groups is 2. The van der Waals surface area contributed by atoms with Crippen LogP contribution >= 0.6 is 0 Å². The number of rotatable bonds is 2. The predicted molar refractivity (Wildman–Crippen MR) is 36.0 cm³/mol. The number of alkyl halides is 1. The van der Waals surface area contributed by atoms with Gasteiger partial charge >= 0.3 is 11.9 Å². The zero-order valence-corrected chi connectivity index (χ0v) is 6.58. The number of esters is 2. The Kier molecular flexibility index (Phi) is 2.62. The molecule has 0 saturated carbocycles. The Balaban J connectivity index is 2.54. The van der Waals surface area contributed by atoms with Crippen LogP contribution in [0.3, 0.4) is 0 Å². The molecule has 0 spiro atoms. The van der Waals surface area contributed by atoms with Gasteiger partial charge in [-0.3, -0.25) is 14.0 Å². The van der Waals surface area contributed by atoms with Gasteiger partial charge in [0.1, 0.15) is 19.2 Å². The van der Waals surface area contributed by atoms with Gasteiger partial charge in [0.2, 0.25) is 0 Å². The van der Waals surface area contributed by atoms with Crippen LogP contribution in [0.5, 0.6) is 0 Å². The molecule has 0 radical (unpaired) electrons. The Hall–Kier alpha value is -1.13. The number of carbonyl (C=O) groups excluding carboxylic acids is 2. The van der Waals surface area contributed by atoms with Crippen molar-refractivity contribution in [3.8, 4) is 0 Å². The minimum Gasteiger partial charge on any atom is -0.461 e. The van der Waals surface area contributed by atoms with Crippen LogP contribution in [0.2, 0.25) is 0 Å². The van der Waals surface area contributed by atoms with E-state index in [1.165, 1.54) is 6.92 Å². The Morgan fingerprint density at radius 1 is 1.83 bits per heavy atom. The third-order valence-corrected chi connectivity index (χ3v) is 1.62. The highest BCUT2D eigenvalue weighted by atomic mass is 19.1. The first-order chi connectivity index (χ1) is 5.65. The van der Waals surface area contributed by atoms with Gasteiger partial charge in [-0.15, -0.1) is 0 Å². The average molecular weight is 176 g/mol. The molecular weight excluding hydrogens is 167 g/mol. The summed E-state index contributed by atoms with van der Waals surface area (Å²) in [5, 5.41) is 0. The number of hydrogen-bond acceptors (Lipinski definition) is 4. The van der Waals surface area contributed by atoms with Crippen LogP contribution in [0, 0.1) is 5.92 Å². The van der Waals surface area contributed by atoms with Gasteiger partial charge < -0.3 is 9.47 Å². The van der Waals surface area contributed by atoms with Crippen LogP contribution in [0.4, 0.5) is 4.39 Å². The van der Waals surface area contributed by atoms with Crippen LogP contribution in [0.15, 0.2) is 0 Å². The molecular formula is C7H9FO4. The lowest BCUT2D eigenvalue weighted by Crippen LogP contribution is -2.27. The van der Waals surface area contributed by atoms with Crippen LogP contribution in [0.1, 0.15) is 6.92 Å². The second-order valence-corrected chi connectivity index (χ2v) is 2.54. The van der Waals surface area contributed by atoms with Gasteiger partial charge in [-0.25, -0.2) is 0 Å². The largest absolute Gasteiger partial charge is 0.461 e. The van der Waals surface area contributed by atoms with E-state index in [1.807, 2.05) is 0 Å². The molecule has 1 heterocycles. The Morgan fingerprint density at radius 3 is 3.00 bits per heavy atom.